The molecule has 2 rings (SSSR count). The van der Waals surface area contributed by atoms with Crippen molar-refractivity contribution in [1.82, 2.24) is 4.98 Å². The van der Waals surface area contributed by atoms with Crippen LogP contribution in [0.2, 0.25) is 0 Å². The van der Waals surface area contributed by atoms with E-state index in [-0.39, 0.29) is 11.4 Å². The summed E-state index contributed by atoms with van der Waals surface area (Å²) in [4.78, 5) is 15.9. The molecule has 0 aliphatic rings. The largest absolute Gasteiger partial charge is 0.418 e. The molecular weight excluding hydrogens is 283 g/mol. The number of aromatic nitrogens is 1. The maximum Gasteiger partial charge on any atom is 0.418 e. The lowest BCUT2D eigenvalue weighted by Gasteiger charge is -2.12. The van der Waals surface area contributed by atoms with Crippen LogP contribution in [0.1, 0.15) is 21.6 Å². The van der Waals surface area contributed by atoms with E-state index >= 15 is 0 Å². The number of pyridine rings is 1. The van der Waals surface area contributed by atoms with Crippen molar-refractivity contribution in [2.75, 3.05) is 11.1 Å². The van der Waals surface area contributed by atoms with Crippen molar-refractivity contribution in [1.29, 1.82) is 0 Å². The molecule has 0 radical (unpaired) electrons. The molecule has 0 aliphatic heterocycles. The summed E-state index contributed by atoms with van der Waals surface area (Å²) in [6, 6.07) is 6.55. The molecule has 0 unspecified atom stereocenters. The predicted octanol–water partition coefficient (Wildman–Crippen LogP) is 3.24. The van der Waals surface area contributed by atoms with Crippen LogP contribution in [-0.2, 0) is 6.18 Å². The van der Waals surface area contributed by atoms with Crippen LogP contribution in [0.5, 0.6) is 0 Å². The fourth-order valence-electron chi connectivity index (χ4n) is 1.79. The smallest absolute Gasteiger partial charge is 0.398 e. The maximum absolute atomic E-state index is 12.7. The number of nitrogen functional groups attached to an aromatic ring is 1. The number of rotatable bonds is 2. The molecule has 7 heteroatoms. The molecule has 0 saturated carbocycles. The van der Waals surface area contributed by atoms with Crippen LogP contribution in [-0.4, -0.2) is 10.9 Å². The first-order valence-electron chi connectivity index (χ1n) is 5.98. The Morgan fingerprint density at radius 1 is 1.29 bits per heavy atom. The summed E-state index contributed by atoms with van der Waals surface area (Å²) in [5.41, 5.74) is 4.70. The average molecular weight is 295 g/mol. The van der Waals surface area contributed by atoms with Gasteiger partial charge in [-0.05, 0) is 36.8 Å². The Morgan fingerprint density at radius 2 is 2.00 bits per heavy atom. The van der Waals surface area contributed by atoms with Crippen molar-refractivity contribution in [2.24, 2.45) is 0 Å². The van der Waals surface area contributed by atoms with Crippen molar-refractivity contribution in [2.45, 2.75) is 13.1 Å². The van der Waals surface area contributed by atoms with Crippen molar-refractivity contribution in [3.8, 4) is 0 Å². The lowest BCUT2D eigenvalue weighted by atomic mass is 10.1. The van der Waals surface area contributed by atoms with Crippen LogP contribution in [0.3, 0.4) is 0 Å². The third kappa shape index (κ3) is 3.31. The Bertz CT molecular complexity index is 683. The van der Waals surface area contributed by atoms with Gasteiger partial charge in [-0.25, -0.2) is 0 Å². The molecular formula is C14H12F3N3O. The monoisotopic (exact) mass is 295 g/mol. The van der Waals surface area contributed by atoms with Gasteiger partial charge in [0.15, 0.2) is 0 Å². The molecule has 1 heterocycles. The van der Waals surface area contributed by atoms with Crippen molar-refractivity contribution in [3.05, 3.63) is 53.3 Å². The number of hydrogen-bond acceptors (Lipinski definition) is 3. The number of nitrogens with zero attached hydrogens (tertiary/aromatic N) is 1. The highest BCUT2D eigenvalue weighted by Crippen LogP contribution is 2.35. The summed E-state index contributed by atoms with van der Waals surface area (Å²) in [7, 11) is 0. The number of hydrogen-bond donors (Lipinski definition) is 2. The first-order chi connectivity index (χ1) is 9.79. The number of nitrogens with one attached hydrogen (secondary N) is 1. The van der Waals surface area contributed by atoms with Crippen molar-refractivity contribution >= 4 is 17.3 Å². The van der Waals surface area contributed by atoms with Gasteiger partial charge in [-0.2, -0.15) is 13.2 Å². The number of benzene rings is 1. The van der Waals surface area contributed by atoms with Crippen LogP contribution >= 0.6 is 0 Å². The SMILES string of the molecule is Cc1cccnc1C(=O)Nc1ccc(N)c(C(F)(F)F)c1. The number of halogens is 3. The topological polar surface area (TPSA) is 68.0 Å². The molecule has 4 nitrogen and oxygen atoms in total. The van der Waals surface area contributed by atoms with E-state index < -0.39 is 23.3 Å². The molecule has 3 N–H and O–H groups in total. The Hall–Kier alpha value is -2.57. The second-order valence-corrected chi connectivity index (χ2v) is 4.42. The van der Waals surface area contributed by atoms with E-state index in [9.17, 15) is 18.0 Å². The summed E-state index contributed by atoms with van der Waals surface area (Å²) in [6.45, 7) is 1.69. The standard InChI is InChI=1S/C14H12F3N3O/c1-8-3-2-6-19-12(8)13(21)20-9-4-5-11(18)10(7-9)14(15,16)17/h2-7H,18H2,1H3,(H,20,21). The summed E-state index contributed by atoms with van der Waals surface area (Å²) in [5.74, 6) is -0.578. The Balaban J connectivity index is 2.29. The number of carbonyl (C=O) groups is 1. The highest BCUT2D eigenvalue weighted by atomic mass is 19.4. The van der Waals surface area contributed by atoms with E-state index in [2.05, 4.69) is 10.3 Å². The molecule has 110 valence electrons. The normalized spacial score (nSPS) is 11.2. The quantitative estimate of drug-likeness (QED) is 0.836. The predicted molar refractivity (Wildman–Crippen MR) is 72.8 cm³/mol. The van der Waals surface area contributed by atoms with E-state index in [4.69, 9.17) is 5.73 Å². The lowest BCUT2D eigenvalue weighted by molar-refractivity contribution is -0.136. The second-order valence-electron chi connectivity index (χ2n) is 4.42. The van der Waals surface area contributed by atoms with Gasteiger partial charge in [-0.3, -0.25) is 9.78 Å². The molecule has 0 bridgehead atoms. The zero-order chi connectivity index (χ0) is 15.6. The van der Waals surface area contributed by atoms with Gasteiger partial charge < -0.3 is 11.1 Å². The molecule has 2 aromatic rings. The molecule has 21 heavy (non-hydrogen) atoms. The average Bonchev–Trinajstić information content (AvgIpc) is 2.40. The Morgan fingerprint density at radius 3 is 2.62 bits per heavy atom. The third-order valence-electron chi connectivity index (χ3n) is 2.84. The van der Waals surface area contributed by atoms with Gasteiger partial charge in [0.05, 0.1) is 5.56 Å². The first kappa shape index (κ1) is 14.8. The van der Waals surface area contributed by atoms with Crippen LogP contribution < -0.4 is 11.1 Å². The molecule has 1 amide bonds. The number of carbonyl (C=O) groups excluding carboxylic acids is 1. The number of aryl methyl sites for hydroxylation is 1. The van der Waals surface area contributed by atoms with Crippen LogP contribution in [0.25, 0.3) is 0 Å². The minimum Gasteiger partial charge on any atom is -0.398 e. The van der Waals surface area contributed by atoms with Crippen molar-refractivity contribution < 1.29 is 18.0 Å². The van der Waals surface area contributed by atoms with E-state index in [0.717, 1.165) is 12.1 Å². The fraction of sp³-hybridized carbons (Fsp3) is 0.143. The fourth-order valence-corrected chi connectivity index (χ4v) is 1.79. The lowest BCUT2D eigenvalue weighted by Crippen LogP contribution is -2.16. The van der Waals surface area contributed by atoms with Crippen LogP contribution in [0, 0.1) is 6.92 Å². The number of nitrogens with two attached hydrogens (primary N) is 1. The molecule has 1 aromatic carbocycles. The minimum atomic E-state index is -4.58. The van der Waals surface area contributed by atoms with Gasteiger partial charge in [0.25, 0.3) is 5.91 Å². The zero-order valence-electron chi connectivity index (χ0n) is 11.0. The number of amides is 1. The van der Waals surface area contributed by atoms with E-state index in [0.29, 0.717) is 5.56 Å². The van der Waals surface area contributed by atoms with Crippen LogP contribution in [0.4, 0.5) is 24.5 Å². The highest BCUT2D eigenvalue weighted by molar-refractivity contribution is 6.03. The Kier molecular flexibility index (Phi) is 3.84. The third-order valence-corrected chi connectivity index (χ3v) is 2.84. The molecule has 0 atom stereocenters. The van der Waals surface area contributed by atoms with E-state index in [1.54, 1.807) is 19.1 Å². The summed E-state index contributed by atoms with van der Waals surface area (Å²) < 4.78 is 38.2. The van der Waals surface area contributed by atoms with Gasteiger partial charge in [-0.1, -0.05) is 6.07 Å². The first-order valence-corrected chi connectivity index (χ1v) is 5.98. The maximum atomic E-state index is 12.7. The van der Waals surface area contributed by atoms with Gasteiger partial charge in [0.2, 0.25) is 0 Å². The molecule has 0 fully saturated rings. The second kappa shape index (κ2) is 5.43. The van der Waals surface area contributed by atoms with Crippen LogP contribution in [0.15, 0.2) is 36.5 Å². The Labute approximate surface area is 118 Å². The number of alkyl halides is 3. The molecule has 0 saturated heterocycles. The highest BCUT2D eigenvalue weighted by Gasteiger charge is 2.33. The van der Waals surface area contributed by atoms with Gasteiger partial charge >= 0.3 is 6.18 Å². The molecule has 0 aliphatic carbocycles. The summed E-state index contributed by atoms with van der Waals surface area (Å²) in [5, 5.41) is 2.38. The molecule has 0 spiro atoms. The minimum absolute atomic E-state index is 0.00609. The van der Waals surface area contributed by atoms with Gasteiger partial charge in [-0.15, -0.1) is 0 Å². The summed E-state index contributed by atoms with van der Waals surface area (Å²) >= 11 is 0. The zero-order valence-corrected chi connectivity index (χ0v) is 11.0. The number of anilines is 2. The molecule has 1 aromatic heterocycles. The van der Waals surface area contributed by atoms with Crippen molar-refractivity contribution in [3.63, 3.8) is 0 Å². The van der Waals surface area contributed by atoms with E-state index in [1.165, 1.54) is 12.3 Å². The summed E-state index contributed by atoms with van der Waals surface area (Å²) in [6.07, 6.45) is -3.14. The van der Waals surface area contributed by atoms with Gasteiger partial charge in [0, 0.05) is 17.6 Å². The van der Waals surface area contributed by atoms with E-state index in [1.807, 2.05) is 0 Å². The van der Waals surface area contributed by atoms with Gasteiger partial charge in [0.1, 0.15) is 5.69 Å².